The van der Waals surface area contributed by atoms with Gasteiger partial charge in [-0.3, -0.25) is 4.79 Å². The summed E-state index contributed by atoms with van der Waals surface area (Å²) in [5, 5.41) is 11.5. The zero-order valence-corrected chi connectivity index (χ0v) is 6.84. The van der Waals surface area contributed by atoms with Crippen LogP contribution in [-0.4, -0.2) is 24.2 Å². The van der Waals surface area contributed by atoms with E-state index in [1.165, 1.54) is 19.3 Å². The van der Waals surface area contributed by atoms with Crippen molar-refractivity contribution in [1.82, 2.24) is 5.32 Å². The molecule has 1 aliphatic carbocycles. The van der Waals surface area contributed by atoms with Gasteiger partial charge in [0, 0.05) is 0 Å². The molecule has 0 aromatic carbocycles. The molecule has 0 radical (unpaired) electrons. The molecule has 0 aliphatic heterocycles. The van der Waals surface area contributed by atoms with E-state index in [9.17, 15) is 4.79 Å². The Bertz CT molecular complexity index is 143. The van der Waals surface area contributed by atoms with Crippen molar-refractivity contribution in [3.8, 4) is 0 Å². The van der Waals surface area contributed by atoms with Crippen molar-refractivity contribution in [3.05, 3.63) is 0 Å². The lowest BCUT2D eigenvalue weighted by atomic mass is 9.81. The van der Waals surface area contributed by atoms with Gasteiger partial charge in [-0.15, -0.1) is 0 Å². The Morgan fingerprint density at radius 2 is 2.36 bits per heavy atom. The summed E-state index contributed by atoms with van der Waals surface area (Å²) in [6.45, 7) is 0. The van der Waals surface area contributed by atoms with Crippen molar-refractivity contribution >= 4 is 5.97 Å². The van der Waals surface area contributed by atoms with Crippen molar-refractivity contribution < 1.29 is 9.90 Å². The van der Waals surface area contributed by atoms with Gasteiger partial charge in [0.15, 0.2) is 0 Å². The highest BCUT2D eigenvalue weighted by Crippen LogP contribution is 2.30. The predicted molar refractivity (Wildman–Crippen MR) is 42.4 cm³/mol. The monoisotopic (exact) mass is 157 g/mol. The van der Waals surface area contributed by atoms with Gasteiger partial charge >= 0.3 is 5.97 Å². The van der Waals surface area contributed by atoms with Crippen LogP contribution in [0.15, 0.2) is 0 Å². The molecule has 1 atom stereocenters. The van der Waals surface area contributed by atoms with Gasteiger partial charge in [0.1, 0.15) is 6.04 Å². The number of aliphatic carboxylic acids is 1. The summed E-state index contributed by atoms with van der Waals surface area (Å²) in [6.07, 6.45) is 4.50. The molecule has 1 aliphatic rings. The van der Waals surface area contributed by atoms with Crippen LogP contribution in [0.1, 0.15) is 25.7 Å². The van der Waals surface area contributed by atoms with E-state index in [0.29, 0.717) is 5.92 Å². The van der Waals surface area contributed by atoms with Crippen LogP contribution in [-0.2, 0) is 4.79 Å². The molecule has 3 heteroatoms. The molecule has 0 bridgehead atoms. The van der Waals surface area contributed by atoms with E-state index in [2.05, 4.69) is 5.32 Å². The molecule has 1 fully saturated rings. The maximum Gasteiger partial charge on any atom is 0.320 e. The van der Waals surface area contributed by atoms with Crippen molar-refractivity contribution in [2.45, 2.75) is 31.7 Å². The lowest BCUT2D eigenvalue weighted by molar-refractivity contribution is -0.140. The van der Waals surface area contributed by atoms with E-state index in [1.807, 2.05) is 0 Å². The topological polar surface area (TPSA) is 49.3 Å². The van der Waals surface area contributed by atoms with E-state index in [4.69, 9.17) is 5.11 Å². The first kappa shape index (κ1) is 8.53. The first-order valence-corrected chi connectivity index (χ1v) is 4.14. The van der Waals surface area contributed by atoms with Gasteiger partial charge in [0.25, 0.3) is 0 Å². The Hall–Kier alpha value is -0.570. The highest BCUT2D eigenvalue weighted by atomic mass is 16.4. The molecule has 0 amide bonds. The maximum atomic E-state index is 10.5. The van der Waals surface area contributed by atoms with Gasteiger partial charge in [-0.05, 0) is 19.4 Å². The lowest BCUT2D eigenvalue weighted by Crippen LogP contribution is -2.36. The first-order chi connectivity index (χ1) is 5.24. The summed E-state index contributed by atoms with van der Waals surface area (Å²) < 4.78 is 0. The number of hydrogen-bond acceptors (Lipinski definition) is 2. The number of likely N-dealkylation sites (N-methyl/N-ethyl adjacent to an activating group) is 1. The average Bonchev–Trinajstić information content (AvgIpc) is 1.85. The van der Waals surface area contributed by atoms with Crippen LogP contribution in [0.5, 0.6) is 0 Å². The third kappa shape index (κ3) is 2.19. The molecule has 0 heterocycles. The molecule has 0 spiro atoms. The summed E-state index contributed by atoms with van der Waals surface area (Å²) in [6, 6.07) is -0.333. The van der Waals surface area contributed by atoms with E-state index in [0.717, 1.165) is 6.42 Å². The molecular formula is C8H15NO2. The van der Waals surface area contributed by atoms with E-state index >= 15 is 0 Å². The molecule has 1 rings (SSSR count). The minimum absolute atomic E-state index is 0.333. The minimum Gasteiger partial charge on any atom is -0.480 e. The van der Waals surface area contributed by atoms with Crippen LogP contribution in [0, 0.1) is 5.92 Å². The smallest absolute Gasteiger partial charge is 0.320 e. The Morgan fingerprint density at radius 1 is 1.73 bits per heavy atom. The van der Waals surface area contributed by atoms with Crippen LogP contribution in [0.2, 0.25) is 0 Å². The fourth-order valence-electron chi connectivity index (χ4n) is 1.40. The van der Waals surface area contributed by atoms with Gasteiger partial charge in [-0.25, -0.2) is 0 Å². The van der Waals surface area contributed by atoms with Crippen LogP contribution >= 0.6 is 0 Å². The second-order valence-corrected chi connectivity index (χ2v) is 3.21. The fourth-order valence-corrected chi connectivity index (χ4v) is 1.40. The predicted octanol–water partition coefficient (Wildman–Crippen LogP) is 0.849. The van der Waals surface area contributed by atoms with Gasteiger partial charge in [0.05, 0.1) is 0 Å². The Kier molecular flexibility index (Phi) is 2.88. The number of carboxylic acid groups (broad SMARTS) is 1. The SMILES string of the molecule is CN[C@H](CC1CCC1)C(=O)O. The van der Waals surface area contributed by atoms with E-state index in [1.54, 1.807) is 7.05 Å². The quantitative estimate of drug-likeness (QED) is 0.636. The van der Waals surface area contributed by atoms with Crippen molar-refractivity contribution in [1.29, 1.82) is 0 Å². The number of hydrogen-bond donors (Lipinski definition) is 2. The van der Waals surface area contributed by atoms with Crippen molar-refractivity contribution in [2.24, 2.45) is 5.92 Å². The second kappa shape index (κ2) is 3.72. The van der Waals surface area contributed by atoms with Gasteiger partial charge < -0.3 is 10.4 Å². The largest absolute Gasteiger partial charge is 0.480 e. The summed E-state index contributed by atoms with van der Waals surface area (Å²) in [5.74, 6) is -0.0667. The summed E-state index contributed by atoms with van der Waals surface area (Å²) in [5.41, 5.74) is 0. The maximum absolute atomic E-state index is 10.5. The summed E-state index contributed by atoms with van der Waals surface area (Å²) in [4.78, 5) is 10.5. The Morgan fingerprint density at radius 3 is 2.64 bits per heavy atom. The number of rotatable bonds is 4. The number of nitrogens with one attached hydrogen (secondary N) is 1. The molecule has 3 nitrogen and oxygen atoms in total. The van der Waals surface area contributed by atoms with E-state index in [-0.39, 0.29) is 6.04 Å². The standard InChI is InChI=1S/C8H15NO2/c1-9-7(8(10)11)5-6-3-2-4-6/h6-7,9H,2-5H2,1H3,(H,10,11)/t7-/m1/s1. The molecule has 0 unspecified atom stereocenters. The normalized spacial score (nSPS) is 20.8. The zero-order chi connectivity index (χ0) is 8.27. The molecule has 2 N–H and O–H groups in total. The third-order valence-corrected chi connectivity index (χ3v) is 2.44. The molecule has 11 heavy (non-hydrogen) atoms. The molecule has 0 saturated heterocycles. The highest BCUT2D eigenvalue weighted by Gasteiger charge is 2.24. The van der Waals surface area contributed by atoms with Crippen molar-refractivity contribution in [2.75, 3.05) is 7.05 Å². The number of carboxylic acids is 1. The van der Waals surface area contributed by atoms with Crippen molar-refractivity contribution in [3.63, 3.8) is 0 Å². The Labute approximate surface area is 66.8 Å². The second-order valence-electron chi connectivity index (χ2n) is 3.21. The molecular weight excluding hydrogens is 142 g/mol. The molecule has 1 saturated carbocycles. The van der Waals surface area contributed by atoms with Gasteiger partial charge in [0.2, 0.25) is 0 Å². The molecule has 64 valence electrons. The van der Waals surface area contributed by atoms with Crippen LogP contribution in [0.3, 0.4) is 0 Å². The van der Waals surface area contributed by atoms with Gasteiger partial charge in [-0.2, -0.15) is 0 Å². The van der Waals surface area contributed by atoms with E-state index < -0.39 is 5.97 Å². The van der Waals surface area contributed by atoms with Crippen LogP contribution in [0.4, 0.5) is 0 Å². The van der Waals surface area contributed by atoms with Gasteiger partial charge in [-0.1, -0.05) is 19.3 Å². The van der Waals surface area contributed by atoms with Crippen LogP contribution < -0.4 is 5.32 Å². The third-order valence-electron chi connectivity index (χ3n) is 2.44. The summed E-state index contributed by atoms with van der Waals surface area (Å²) >= 11 is 0. The van der Waals surface area contributed by atoms with Crippen LogP contribution in [0.25, 0.3) is 0 Å². The highest BCUT2D eigenvalue weighted by molar-refractivity contribution is 5.73. The Balaban J connectivity index is 2.24. The minimum atomic E-state index is -0.723. The average molecular weight is 157 g/mol. The zero-order valence-electron chi connectivity index (χ0n) is 6.84. The molecule has 0 aromatic heterocycles. The fraction of sp³-hybridized carbons (Fsp3) is 0.875. The lowest BCUT2D eigenvalue weighted by Gasteiger charge is -2.27. The summed E-state index contributed by atoms with van der Waals surface area (Å²) in [7, 11) is 1.71. The number of carbonyl (C=O) groups is 1. The first-order valence-electron chi connectivity index (χ1n) is 4.14. The molecule has 0 aromatic rings.